The third kappa shape index (κ3) is 4.51. The Balaban J connectivity index is 1.26. The van der Waals surface area contributed by atoms with Crippen molar-refractivity contribution in [2.75, 3.05) is 11.5 Å². The number of esters is 1. The van der Waals surface area contributed by atoms with Gasteiger partial charge in [0, 0.05) is 5.92 Å². The minimum Gasteiger partial charge on any atom is -0.463 e. The van der Waals surface area contributed by atoms with Gasteiger partial charge in [-0.3, -0.25) is 19.0 Å². The van der Waals surface area contributed by atoms with Crippen LogP contribution >= 0.6 is 11.3 Å². The first-order valence-corrected chi connectivity index (χ1v) is 19.1. The molecule has 3 aliphatic carbocycles. The van der Waals surface area contributed by atoms with Crippen molar-refractivity contribution in [1.29, 1.82) is 0 Å². The van der Waals surface area contributed by atoms with Gasteiger partial charge in [-0.1, -0.05) is 102 Å². The van der Waals surface area contributed by atoms with Crippen LogP contribution in [0, 0.1) is 17.7 Å². The molecule has 0 saturated carbocycles. The number of nitrogens with zero attached hydrogens (tertiary/aromatic N) is 3. The number of carbonyl (C=O) groups excluding carboxylic acids is 3. The Bertz CT molecular complexity index is 2840. The highest BCUT2D eigenvalue weighted by Gasteiger charge is 2.67. The van der Waals surface area contributed by atoms with E-state index in [0.717, 1.165) is 38.6 Å². The van der Waals surface area contributed by atoms with Crippen molar-refractivity contribution in [3.63, 3.8) is 0 Å². The van der Waals surface area contributed by atoms with Crippen LogP contribution in [-0.2, 0) is 24.5 Å². The van der Waals surface area contributed by atoms with Crippen LogP contribution < -0.4 is 19.8 Å². The summed E-state index contributed by atoms with van der Waals surface area (Å²) in [5, 5.41) is 1.83. The lowest BCUT2D eigenvalue weighted by molar-refractivity contribution is -0.139. The van der Waals surface area contributed by atoms with Crippen LogP contribution in [0.4, 0.5) is 10.1 Å². The van der Waals surface area contributed by atoms with Crippen LogP contribution in [0.1, 0.15) is 53.6 Å². The second-order valence-corrected chi connectivity index (χ2v) is 15.4. The SMILES string of the molecule is CCOC(=O)C1=C(C)N=c2s/c(=C/C34c5ccccc5C(c5ccccc53)[C@@H]3C(=O)N(c5ccc(F)cc5)C(=O)[C@@H]34)c(=O)n2[C@H]1c1cccc2ccccc12. The molecule has 2 aliphatic heterocycles. The number of hydrogen-bond donors (Lipinski definition) is 0. The number of fused-ring (bicyclic) bond motifs is 2. The van der Waals surface area contributed by atoms with Crippen LogP contribution in [-0.4, -0.2) is 29.0 Å². The van der Waals surface area contributed by atoms with Gasteiger partial charge in [0.25, 0.3) is 5.56 Å². The highest BCUT2D eigenvalue weighted by atomic mass is 32.1. The molecule has 5 aliphatic rings. The van der Waals surface area contributed by atoms with Crippen LogP contribution in [0.2, 0.25) is 0 Å². The maximum Gasteiger partial charge on any atom is 0.338 e. The summed E-state index contributed by atoms with van der Waals surface area (Å²) in [6.45, 7) is 3.64. The van der Waals surface area contributed by atoms with Crippen molar-refractivity contribution < 1.29 is 23.5 Å². The molecule has 0 spiro atoms. The number of thiazole rings is 1. The highest BCUT2D eigenvalue weighted by Crippen LogP contribution is 2.65. The molecule has 270 valence electrons. The quantitative estimate of drug-likeness (QED) is 0.153. The minimum absolute atomic E-state index is 0.148. The Morgan fingerprint density at radius 2 is 1.47 bits per heavy atom. The smallest absolute Gasteiger partial charge is 0.338 e. The summed E-state index contributed by atoms with van der Waals surface area (Å²) in [4.78, 5) is 65.0. The molecule has 11 rings (SSSR count). The van der Waals surface area contributed by atoms with E-state index < -0.39 is 46.9 Å². The van der Waals surface area contributed by atoms with Gasteiger partial charge < -0.3 is 4.74 Å². The molecule has 55 heavy (non-hydrogen) atoms. The number of ether oxygens (including phenoxy) is 1. The maximum atomic E-state index is 15.2. The number of anilines is 1. The van der Waals surface area contributed by atoms with E-state index in [9.17, 15) is 18.8 Å². The predicted octanol–water partition coefficient (Wildman–Crippen LogP) is 6.29. The van der Waals surface area contributed by atoms with Gasteiger partial charge in [0.05, 0.1) is 51.4 Å². The van der Waals surface area contributed by atoms with Gasteiger partial charge in [0.15, 0.2) is 4.80 Å². The van der Waals surface area contributed by atoms with Gasteiger partial charge in [-0.2, -0.15) is 0 Å². The number of aromatic nitrogens is 1. The normalized spacial score (nSPS) is 23.7. The zero-order valence-corrected chi connectivity index (χ0v) is 30.5. The van der Waals surface area contributed by atoms with Crippen LogP contribution in [0.15, 0.2) is 136 Å². The Morgan fingerprint density at radius 1 is 0.836 bits per heavy atom. The molecule has 2 bridgehead atoms. The molecular formula is C45H32FN3O5S. The van der Waals surface area contributed by atoms with Crippen molar-refractivity contribution in [3.8, 4) is 0 Å². The molecule has 10 heteroatoms. The Kier molecular flexibility index (Phi) is 7.35. The average molecular weight is 746 g/mol. The Morgan fingerprint density at radius 3 is 2.18 bits per heavy atom. The lowest BCUT2D eigenvalue weighted by Crippen LogP contribution is -2.53. The minimum atomic E-state index is -1.23. The zero-order chi connectivity index (χ0) is 37.7. The van der Waals surface area contributed by atoms with Crippen LogP contribution in [0.5, 0.6) is 0 Å². The van der Waals surface area contributed by atoms with Crippen molar-refractivity contribution in [3.05, 3.63) is 180 Å². The van der Waals surface area contributed by atoms with E-state index in [-0.39, 0.29) is 23.6 Å². The second-order valence-electron chi connectivity index (χ2n) is 14.4. The lowest BCUT2D eigenvalue weighted by atomic mass is 9.47. The number of amides is 2. The molecule has 0 radical (unpaired) electrons. The first kappa shape index (κ1) is 33.3. The van der Waals surface area contributed by atoms with Gasteiger partial charge in [0.1, 0.15) is 5.82 Å². The summed E-state index contributed by atoms with van der Waals surface area (Å²) in [6, 6.07) is 33.9. The number of benzene rings is 5. The molecule has 1 fully saturated rings. The molecule has 3 atom stereocenters. The first-order valence-electron chi connectivity index (χ1n) is 18.2. The van der Waals surface area contributed by atoms with E-state index in [4.69, 9.17) is 9.73 Å². The molecule has 5 aromatic carbocycles. The zero-order valence-electron chi connectivity index (χ0n) is 29.7. The number of halogens is 1. The molecule has 0 N–H and O–H groups in total. The Labute approximate surface area is 318 Å². The van der Waals surface area contributed by atoms with E-state index in [2.05, 4.69) is 0 Å². The van der Waals surface area contributed by atoms with E-state index in [1.54, 1.807) is 18.4 Å². The number of rotatable bonds is 5. The first-order chi connectivity index (χ1) is 26.7. The van der Waals surface area contributed by atoms with Gasteiger partial charge in [-0.05, 0) is 82.8 Å². The summed E-state index contributed by atoms with van der Waals surface area (Å²) in [5.74, 6) is -3.88. The molecule has 1 aromatic heterocycles. The molecule has 6 aromatic rings. The summed E-state index contributed by atoms with van der Waals surface area (Å²) in [5.41, 5.74) is 3.69. The summed E-state index contributed by atoms with van der Waals surface area (Å²) in [7, 11) is 0. The predicted molar refractivity (Wildman–Crippen MR) is 207 cm³/mol. The molecule has 2 amide bonds. The number of imide groups is 1. The highest BCUT2D eigenvalue weighted by molar-refractivity contribution is 7.07. The van der Waals surface area contributed by atoms with E-state index in [1.807, 2.05) is 97.1 Å². The fourth-order valence-corrected chi connectivity index (χ4v) is 10.8. The van der Waals surface area contributed by atoms with Crippen molar-refractivity contribution >= 4 is 51.7 Å². The molecule has 8 nitrogen and oxygen atoms in total. The number of hydrogen-bond acceptors (Lipinski definition) is 7. The fourth-order valence-electron chi connectivity index (χ4n) is 9.70. The third-order valence-corrected chi connectivity index (χ3v) is 12.7. The monoisotopic (exact) mass is 745 g/mol. The van der Waals surface area contributed by atoms with Gasteiger partial charge >= 0.3 is 5.97 Å². The van der Waals surface area contributed by atoms with Crippen LogP contribution in [0.25, 0.3) is 16.8 Å². The van der Waals surface area contributed by atoms with Crippen molar-refractivity contribution in [1.82, 2.24) is 4.57 Å². The topological polar surface area (TPSA) is 98.0 Å². The Hall–Kier alpha value is -6.26. The van der Waals surface area contributed by atoms with Crippen LogP contribution in [0.3, 0.4) is 0 Å². The summed E-state index contributed by atoms with van der Waals surface area (Å²) >= 11 is 1.20. The lowest BCUT2D eigenvalue weighted by Gasteiger charge is -2.53. The number of carbonyl (C=O) groups is 3. The molecule has 1 saturated heterocycles. The number of allylic oxidation sites excluding steroid dienone is 1. The fraction of sp³-hybridized carbons (Fsp3) is 0.178. The van der Waals surface area contributed by atoms with Gasteiger partial charge in [-0.15, -0.1) is 0 Å². The average Bonchev–Trinajstić information content (AvgIpc) is 3.65. The van der Waals surface area contributed by atoms with Gasteiger partial charge in [-0.25, -0.2) is 19.1 Å². The van der Waals surface area contributed by atoms with Crippen molar-refractivity contribution in [2.45, 2.75) is 31.2 Å². The maximum absolute atomic E-state index is 15.2. The standard InChI is InChI=1S/C45H32FN3O5S/c1-3-54-43(53)35-24(2)47-44-49(39(35)29-16-10-12-25-11-4-5-13-28(25)29)40(50)34(55-44)23-45-32-17-8-6-14-30(32)36(31-15-7-9-18-33(31)45)37-38(45)42(52)48(41(37)51)27-21-19-26(46)20-22-27/h4-23,36-39H,3H2,1-2H3/b34-23+/t36?,37-,38+,39-,45?/m0/s1. The largest absolute Gasteiger partial charge is 0.463 e. The molecule has 0 unspecified atom stereocenters. The molecule has 3 heterocycles. The van der Waals surface area contributed by atoms with Gasteiger partial charge in [0.2, 0.25) is 11.8 Å². The van der Waals surface area contributed by atoms with E-state index in [1.165, 1.54) is 40.5 Å². The summed E-state index contributed by atoms with van der Waals surface area (Å²) in [6.07, 6.45) is 1.88. The van der Waals surface area contributed by atoms with Crippen molar-refractivity contribution in [2.24, 2.45) is 16.8 Å². The summed E-state index contributed by atoms with van der Waals surface area (Å²) < 4.78 is 21.5. The second kappa shape index (κ2) is 12.1. The third-order valence-electron chi connectivity index (χ3n) is 11.8. The molecular weight excluding hydrogens is 714 g/mol. The van der Waals surface area contributed by atoms with E-state index in [0.29, 0.717) is 20.7 Å². The van der Waals surface area contributed by atoms with E-state index >= 15 is 4.79 Å².